The highest BCUT2D eigenvalue weighted by Crippen LogP contribution is 2.22. The predicted octanol–water partition coefficient (Wildman–Crippen LogP) is 1.81. The van der Waals surface area contributed by atoms with Crippen LogP contribution in [0.4, 0.5) is 5.69 Å². The molecule has 8 heteroatoms. The average molecular weight is 418 g/mol. The Morgan fingerprint density at radius 1 is 1.00 bits per heavy atom. The Morgan fingerprint density at radius 2 is 1.62 bits per heavy atom. The van der Waals surface area contributed by atoms with Crippen LogP contribution in [-0.2, 0) is 21.4 Å². The summed E-state index contributed by atoms with van der Waals surface area (Å²) in [6.45, 7) is 3.03. The van der Waals surface area contributed by atoms with Gasteiger partial charge in [-0.2, -0.15) is 0 Å². The lowest BCUT2D eigenvalue weighted by molar-refractivity contribution is -0.131. The largest absolute Gasteiger partial charge is 0.489 e. The van der Waals surface area contributed by atoms with E-state index < -0.39 is 10.0 Å². The van der Waals surface area contributed by atoms with Gasteiger partial charge in [-0.05, 0) is 36.9 Å². The fraction of sp³-hybridized carbons (Fsp3) is 0.381. The number of nitrogens with zero attached hydrogens (tertiary/aromatic N) is 3. The first-order chi connectivity index (χ1) is 13.8. The van der Waals surface area contributed by atoms with Crippen molar-refractivity contribution in [2.75, 3.05) is 50.3 Å². The second-order valence-corrected chi connectivity index (χ2v) is 9.13. The maximum atomic E-state index is 12.6. The van der Waals surface area contributed by atoms with Gasteiger partial charge >= 0.3 is 0 Å². The molecule has 0 aromatic heterocycles. The van der Waals surface area contributed by atoms with Gasteiger partial charge in [-0.1, -0.05) is 30.3 Å². The number of hydrogen-bond acceptors (Lipinski definition) is 5. The lowest BCUT2D eigenvalue weighted by atomic mass is 10.2. The van der Waals surface area contributed by atoms with Crippen LogP contribution >= 0.6 is 0 Å². The molecule has 1 saturated heterocycles. The highest BCUT2D eigenvalue weighted by Gasteiger charge is 2.25. The number of amides is 1. The molecule has 2 aromatic carbocycles. The molecule has 0 radical (unpaired) electrons. The monoisotopic (exact) mass is 417 g/mol. The Labute approximate surface area is 172 Å². The van der Waals surface area contributed by atoms with E-state index in [2.05, 4.69) is 4.90 Å². The number of ether oxygens (including phenoxy) is 1. The molecule has 0 bridgehead atoms. The molecule has 29 heavy (non-hydrogen) atoms. The van der Waals surface area contributed by atoms with Crippen molar-refractivity contribution in [2.45, 2.75) is 6.61 Å². The Balaban J connectivity index is 1.66. The zero-order valence-corrected chi connectivity index (χ0v) is 17.6. The van der Waals surface area contributed by atoms with E-state index in [1.165, 1.54) is 0 Å². The lowest BCUT2D eigenvalue weighted by Crippen LogP contribution is -2.50. The van der Waals surface area contributed by atoms with Gasteiger partial charge in [-0.15, -0.1) is 0 Å². The molecular weight excluding hydrogens is 390 g/mol. The molecule has 7 nitrogen and oxygen atoms in total. The van der Waals surface area contributed by atoms with Crippen LogP contribution in [0.3, 0.4) is 0 Å². The van der Waals surface area contributed by atoms with Gasteiger partial charge in [-0.25, -0.2) is 8.42 Å². The number of piperazine rings is 1. The quantitative estimate of drug-likeness (QED) is 0.687. The molecule has 1 heterocycles. The first kappa shape index (κ1) is 21.1. The molecule has 3 rings (SSSR count). The molecule has 1 aliphatic rings. The van der Waals surface area contributed by atoms with E-state index in [1.54, 1.807) is 29.2 Å². The van der Waals surface area contributed by atoms with Crippen LogP contribution in [0.1, 0.15) is 5.56 Å². The summed E-state index contributed by atoms with van der Waals surface area (Å²) in [7, 11) is -1.59. The number of anilines is 1. The molecule has 0 spiro atoms. The molecular formula is C21H27N3O4S. The molecule has 0 aliphatic carbocycles. The smallest absolute Gasteiger partial charge is 0.243 e. The van der Waals surface area contributed by atoms with Crippen molar-refractivity contribution in [1.29, 1.82) is 0 Å². The summed E-state index contributed by atoms with van der Waals surface area (Å²) in [6, 6.07) is 16.6. The van der Waals surface area contributed by atoms with Crippen molar-refractivity contribution in [3.05, 3.63) is 60.2 Å². The standard InChI is InChI=1S/C21H27N3O4S/c1-22-12-14-23(15-13-22)21(25)16-24(29(2,26)27)19-8-10-20(11-9-19)28-17-18-6-4-3-5-7-18/h3-11H,12-17H2,1-2H3. The van der Waals surface area contributed by atoms with E-state index in [9.17, 15) is 13.2 Å². The van der Waals surface area contributed by atoms with Gasteiger partial charge < -0.3 is 14.5 Å². The first-order valence-corrected chi connectivity index (χ1v) is 11.4. The first-order valence-electron chi connectivity index (χ1n) is 9.54. The van der Waals surface area contributed by atoms with Crippen LogP contribution < -0.4 is 9.04 Å². The third-order valence-corrected chi connectivity index (χ3v) is 6.05. The highest BCUT2D eigenvalue weighted by atomic mass is 32.2. The van der Waals surface area contributed by atoms with E-state index in [-0.39, 0.29) is 12.5 Å². The fourth-order valence-corrected chi connectivity index (χ4v) is 3.98. The summed E-state index contributed by atoms with van der Waals surface area (Å²) in [6.07, 6.45) is 1.12. The van der Waals surface area contributed by atoms with Crippen molar-refractivity contribution in [1.82, 2.24) is 9.80 Å². The maximum absolute atomic E-state index is 12.6. The van der Waals surface area contributed by atoms with Gasteiger partial charge in [0.25, 0.3) is 0 Å². The number of hydrogen-bond donors (Lipinski definition) is 0. The van der Waals surface area contributed by atoms with Gasteiger partial charge in [0.05, 0.1) is 11.9 Å². The van der Waals surface area contributed by atoms with Gasteiger partial charge in [0.15, 0.2) is 0 Å². The zero-order valence-electron chi connectivity index (χ0n) is 16.8. The molecule has 1 aliphatic heterocycles. The minimum Gasteiger partial charge on any atom is -0.489 e. The van der Waals surface area contributed by atoms with Gasteiger partial charge in [-0.3, -0.25) is 9.10 Å². The fourth-order valence-electron chi connectivity index (χ4n) is 3.13. The normalized spacial score (nSPS) is 15.2. The molecule has 1 fully saturated rings. The highest BCUT2D eigenvalue weighted by molar-refractivity contribution is 7.92. The Morgan fingerprint density at radius 3 is 2.21 bits per heavy atom. The lowest BCUT2D eigenvalue weighted by Gasteiger charge is -2.34. The molecule has 1 amide bonds. The van der Waals surface area contributed by atoms with Crippen molar-refractivity contribution < 1.29 is 17.9 Å². The number of likely N-dealkylation sites (N-methyl/N-ethyl adjacent to an activating group) is 1. The molecule has 0 atom stereocenters. The number of benzene rings is 2. The number of carbonyl (C=O) groups is 1. The predicted molar refractivity (Wildman–Crippen MR) is 113 cm³/mol. The molecule has 0 N–H and O–H groups in total. The number of carbonyl (C=O) groups excluding carboxylic acids is 1. The SMILES string of the molecule is CN1CCN(C(=O)CN(c2ccc(OCc3ccccc3)cc2)S(C)(=O)=O)CC1. The Bertz CT molecular complexity index is 909. The van der Waals surface area contributed by atoms with Crippen molar-refractivity contribution >= 4 is 21.6 Å². The van der Waals surface area contributed by atoms with Crippen molar-refractivity contribution in [3.63, 3.8) is 0 Å². The zero-order chi connectivity index (χ0) is 20.9. The van der Waals surface area contributed by atoms with Crippen molar-refractivity contribution in [2.24, 2.45) is 0 Å². The second-order valence-electron chi connectivity index (χ2n) is 7.22. The topological polar surface area (TPSA) is 70.2 Å². The van der Waals surface area contributed by atoms with E-state index in [4.69, 9.17) is 4.74 Å². The summed E-state index contributed by atoms with van der Waals surface area (Å²) in [5.41, 5.74) is 1.49. The van der Waals surface area contributed by atoms with E-state index >= 15 is 0 Å². The van der Waals surface area contributed by atoms with Crippen LogP contribution in [0.2, 0.25) is 0 Å². The second kappa shape index (κ2) is 9.28. The van der Waals surface area contributed by atoms with Crippen LogP contribution in [0, 0.1) is 0 Å². The third kappa shape index (κ3) is 5.95. The molecule has 0 unspecified atom stereocenters. The number of rotatable bonds is 7. The van der Waals surface area contributed by atoms with E-state index in [1.807, 2.05) is 37.4 Å². The summed E-state index contributed by atoms with van der Waals surface area (Å²) in [4.78, 5) is 16.5. The third-order valence-electron chi connectivity index (χ3n) is 4.91. The minimum atomic E-state index is -3.60. The van der Waals surface area contributed by atoms with Crippen molar-refractivity contribution in [3.8, 4) is 5.75 Å². The van der Waals surface area contributed by atoms with Crippen LogP contribution in [0.5, 0.6) is 5.75 Å². The van der Waals surface area contributed by atoms with Crippen LogP contribution in [0.25, 0.3) is 0 Å². The van der Waals surface area contributed by atoms with Gasteiger partial charge in [0.1, 0.15) is 18.9 Å². The van der Waals surface area contributed by atoms with E-state index in [0.717, 1.165) is 29.2 Å². The van der Waals surface area contributed by atoms with Crippen LogP contribution in [0.15, 0.2) is 54.6 Å². The summed E-state index contributed by atoms with van der Waals surface area (Å²) in [5.74, 6) is 0.448. The Hall–Kier alpha value is -2.58. The maximum Gasteiger partial charge on any atom is 0.243 e. The van der Waals surface area contributed by atoms with Gasteiger partial charge in [0, 0.05) is 26.2 Å². The summed E-state index contributed by atoms with van der Waals surface area (Å²) < 4.78 is 31.5. The molecule has 2 aromatic rings. The summed E-state index contributed by atoms with van der Waals surface area (Å²) >= 11 is 0. The minimum absolute atomic E-state index is 0.187. The van der Waals surface area contributed by atoms with Crippen LogP contribution in [-0.4, -0.2) is 70.2 Å². The number of sulfonamides is 1. The average Bonchev–Trinajstić information content (AvgIpc) is 2.71. The van der Waals surface area contributed by atoms with Gasteiger partial charge in [0.2, 0.25) is 15.9 Å². The van der Waals surface area contributed by atoms with E-state index in [0.29, 0.717) is 31.1 Å². The molecule has 0 saturated carbocycles. The summed E-state index contributed by atoms with van der Waals surface area (Å²) in [5, 5.41) is 0. The Kier molecular flexibility index (Phi) is 6.76. The molecule has 156 valence electrons.